The highest BCUT2D eigenvalue weighted by Gasteiger charge is 2.32. The Labute approximate surface area is 184 Å². The Balaban J connectivity index is 1.43. The number of amides is 1. The van der Waals surface area contributed by atoms with Gasteiger partial charge in [0, 0.05) is 55.4 Å². The van der Waals surface area contributed by atoms with Crippen LogP contribution in [-0.4, -0.2) is 63.1 Å². The summed E-state index contributed by atoms with van der Waals surface area (Å²) in [5.41, 5.74) is 3.91. The summed E-state index contributed by atoms with van der Waals surface area (Å²) in [4.78, 5) is 30.8. The third-order valence-electron chi connectivity index (χ3n) is 6.10. The number of hydrogen-bond acceptors (Lipinski definition) is 5. The van der Waals surface area contributed by atoms with E-state index in [1.165, 1.54) is 11.0 Å². The monoisotopic (exact) mass is 433 g/mol. The zero-order valence-electron chi connectivity index (χ0n) is 17.6. The maximum Gasteiger partial charge on any atom is 0.407 e. The minimum absolute atomic E-state index is 0.0567. The molecule has 8 heteroatoms. The lowest BCUT2D eigenvalue weighted by Gasteiger charge is -2.33. The number of rotatable bonds is 3. The van der Waals surface area contributed by atoms with E-state index in [0.29, 0.717) is 49.6 Å². The Hall–Kier alpha value is -3.78. The number of aryl methyl sites for hydroxylation is 1. The molecule has 5 rings (SSSR count). The minimum atomic E-state index is -0.927. The number of aromatic hydroxyl groups is 1. The van der Waals surface area contributed by atoms with Crippen molar-refractivity contribution in [2.24, 2.45) is 0 Å². The van der Waals surface area contributed by atoms with Crippen LogP contribution in [0.5, 0.6) is 11.5 Å². The van der Waals surface area contributed by atoms with Crippen molar-refractivity contribution < 1.29 is 24.5 Å². The molecule has 1 fully saturated rings. The standard InChI is InChI=1S/C24H23N3O5/c1-14-2-4-19-17(10-14)15(12-25-19)11-21-22(29)16-3-5-20(28)18(23(16)32-21)13-26-6-8-27(9-7-26)24(30)31/h2-5,10-12,25,28H,6-9,13H2,1H3,(H,30,31). The summed E-state index contributed by atoms with van der Waals surface area (Å²) in [7, 11) is 0. The predicted molar refractivity (Wildman–Crippen MR) is 119 cm³/mol. The summed E-state index contributed by atoms with van der Waals surface area (Å²) < 4.78 is 5.99. The van der Waals surface area contributed by atoms with E-state index in [4.69, 9.17) is 9.84 Å². The van der Waals surface area contributed by atoms with Crippen molar-refractivity contribution in [3.8, 4) is 11.5 Å². The third kappa shape index (κ3) is 3.48. The van der Waals surface area contributed by atoms with Crippen LogP contribution in [0.25, 0.3) is 17.0 Å². The van der Waals surface area contributed by atoms with Crippen molar-refractivity contribution in [1.29, 1.82) is 0 Å². The number of piperazine rings is 1. The van der Waals surface area contributed by atoms with Gasteiger partial charge >= 0.3 is 6.09 Å². The van der Waals surface area contributed by atoms with Gasteiger partial charge in [-0.1, -0.05) is 11.6 Å². The molecule has 2 aliphatic rings. The number of phenols is 1. The molecule has 1 aromatic heterocycles. The van der Waals surface area contributed by atoms with Crippen LogP contribution < -0.4 is 4.74 Å². The number of ether oxygens (including phenoxy) is 1. The van der Waals surface area contributed by atoms with Gasteiger partial charge < -0.3 is 24.8 Å². The number of carboxylic acid groups (broad SMARTS) is 1. The van der Waals surface area contributed by atoms with Crippen molar-refractivity contribution in [3.05, 3.63) is 64.5 Å². The van der Waals surface area contributed by atoms with Gasteiger partial charge in [0.2, 0.25) is 5.78 Å². The average molecular weight is 433 g/mol. The lowest BCUT2D eigenvalue weighted by atomic mass is 10.0. The molecule has 1 amide bonds. The lowest BCUT2D eigenvalue weighted by Crippen LogP contribution is -2.47. The van der Waals surface area contributed by atoms with Crippen LogP contribution in [0.15, 0.2) is 42.3 Å². The lowest BCUT2D eigenvalue weighted by molar-refractivity contribution is 0.101. The number of aromatic amines is 1. The van der Waals surface area contributed by atoms with Crippen LogP contribution in [-0.2, 0) is 6.54 Å². The largest absolute Gasteiger partial charge is 0.507 e. The molecule has 1 saturated heterocycles. The Morgan fingerprint density at radius 3 is 2.72 bits per heavy atom. The van der Waals surface area contributed by atoms with E-state index >= 15 is 0 Å². The number of aromatic nitrogens is 1. The SMILES string of the molecule is Cc1ccc2[nH]cc(C=C3Oc4c(ccc(O)c4CN4CCN(C(=O)O)CC4)C3=O)c2c1. The Morgan fingerprint density at radius 1 is 1.19 bits per heavy atom. The van der Waals surface area contributed by atoms with Crippen LogP contribution in [0.3, 0.4) is 0 Å². The van der Waals surface area contributed by atoms with Crippen molar-refractivity contribution >= 4 is 28.9 Å². The molecule has 3 heterocycles. The number of H-pyrrole nitrogens is 1. The summed E-state index contributed by atoms with van der Waals surface area (Å²) in [6.45, 7) is 4.27. The summed E-state index contributed by atoms with van der Waals surface area (Å²) in [5.74, 6) is 0.419. The molecular weight excluding hydrogens is 410 g/mol. The molecule has 0 bridgehead atoms. The average Bonchev–Trinajstić information content (AvgIpc) is 3.31. The fourth-order valence-electron chi connectivity index (χ4n) is 4.29. The van der Waals surface area contributed by atoms with Crippen LogP contribution >= 0.6 is 0 Å². The molecule has 0 saturated carbocycles. The topological polar surface area (TPSA) is 106 Å². The minimum Gasteiger partial charge on any atom is -0.507 e. The molecule has 2 aromatic carbocycles. The predicted octanol–water partition coefficient (Wildman–Crippen LogP) is 3.59. The van der Waals surface area contributed by atoms with E-state index in [1.54, 1.807) is 12.1 Å². The van der Waals surface area contributed by atoms with Gasteiger partial charge in [0.1, 0.15) is 11.5 Å². The maximum atomic E-state index is 13.0. The zero-order chi connectivity index (χ0) is 22.4. The van der Waals surface area contributed by atoms with Crippen LogP contribution in [0.1, 0.15) is 27.0 Å². The number of carbonyl (C=O) groups excluding carboxylic acids is 1. The normalized spacial score (nSPS) is 17.7. The van der Waals surface area contributed by atoms with Gasteiger partial charge in [0.05, 0.1) is 11.1 Å². The van der Waals surface area contributed by atoms with Crippen LogP contribution in [0.2, 0.25) is 0 Å². The fraction of sp³-hybridized carbons (Fsp3) is 0.250. The first kappa shape index (κ1) is 20.1. The van der Waals surface area contributed by atoms with Gasteiger partial charge in [0.25, 0.3) is 0 Å². The molecule has 0 radical (unpaired) electrons. The highest BCUT2D eigenvalue weighted by molar-refractivity contribution is 6.15. The molecule has 3 N–H and O–H groups in total. The number of benzene rings is 2. The molecule has 0 unspecified atom stereocenters. The van der Waals surface area contributed by atoms with E-state index in [9.17, 15) is 14.7 Å². The second-order valence-electron chi connectivity index (χ2n) is 8.22. The maximum absolute atomic E-state index is 13.0. The van der Waals surface area contributed by atoms with Crippen LogP contribution in [0, 0.1) is 6.92 Å². The molecule has 8 nitrogen and oxygen atoms in total. The van der Waals surface area contributed by atoms with Gasteiger partial charge in [-0.2, -0.15) is 0 Å². The first-order chi connectivity index (χ1) is 15.4. The number of carbonyl (C=O) groups is 2. The molecule has 164 valence electrons. The summed E-state index contributed by atoms with van der Waals surface area (Å²) >= 11 is 0. The Bertz CT molecular complexity index is 1270. The highest BCUT2D eigenvalue weighted by atomic mass is 16.5. The molecular formula is C24H23N3O5. The number of Topliss-reactive ketones (excluding diaryl/α,β-unsaturated/α-hetero) is 1. The zero-order valence-corrected chi connectivity index (χ0v) is 17.6. The van der Waals surface area contributed by atoms with Gasteiger partial charge in [-0.25, -0.2) is 4.79 Å². The number of hydrogen-bond donors (Lipinski definition) is 3. The Kier molecular flexibility index (Phi) is 4.86. The molecule has 3 aromatic rings. The van der Waals surface area contributed by atoms with E-state index in [1.807, 2.05) is 30.2 Å². The van der Waals surface area contributed by atoms with Gasteiger partial charge in [-0.05, 0) is 37.3 Å². The number of nitrogens with zero attached hydrogens (tertiary/aromatic N) is 2. The summed E-state index contributed by atoms with van der Waals surface area (Å²) in [6, 6.07) is 9.17. The van der Waals surface area contributed by atoms with Crippen molar-refractivity contribution in [2.75, 3.05) is 26.2 Å². The Morgan fingerprint density at radius 2 is 1.97 bits per heavy atom. The summed E-state index contributed by atoms with van der Waals surface area (Å²) in [6.07, 6.45) is 2.65. The van der Waals surface area contributed by atoms with E-state index in [0.717, 1.165) is 22.0 Å². The van der Waals surface area contributed by atoms with Crippen LogP contribution in [0.4, 0.5) is 4.79 Å². The quantitative estimate of drug-likeness (QED) is 0.545. The number of ketones is 1. The molecule has 0 aliphatic carbocycles. The molecule has 0 spiro atoms. The van der Waals surface area contributed by atoms with E-state index in [-0.39, 0.29) is 17.3 Å². The first-order valence-corrected chi connectivity index (χ1v) is 10.5. The molecule has 32 heavy (non-hydrogen) atoms. The van der Waals surface area contributed by atoms with E-state index < -0.39 is 6.09 Å². The van der Waals surface area contributed by atoms with Gasteiger partial charge in [0.15, 0.2) is 5.76 Å². The fourth-order valence-corrected chi connectivity index (χ4v) is 4.29. The smallest absolute Gasteiger partial charge is 0.407 e. The van der Waals surface area contributed by atoms with Crippen molar-refractivity contribution in [1.82, 2.24) is 14.8 Å². The molecule has 0 atom stereocenters. The number of allylic oxidation sites excluding steroid dienone is 1. The summed E-state index contributed by atoms with van der Waals surface area (Å²) in [5, 5.41) is 20.6. The second kappa shape index (κ2) is 7.72. The third-order valence-corrected chi connectivity index (χ3v) is 6.10. The van der Waals surface area contributed by atoms with Crippen molar-refractivity contribution in [2.45, 2.75) is 13.5 Å². The first-order valence-electron chi connectivity index (χ1n) is 10.5. The molecule has 2 aliphatic heterocycles. The van der Waals surface area contributed by atoms with Crippen molar-refractivity contribution in [3.63, 3.8) is 0 Å². The van der Waals surface area contributed by atoms with Gasteiger partial charge in [-0.15, -0.1) is 0 Å². The number of nitrogens with one attached hydrogen (secondary N) is 1. The number of phenolic OH excluding ortho intramolecular Hbond substituents is 1. The van der Waals surface area contributed by atoms with Gasteiger partial charge in [-0.3, -0.25) is 9.69 Å². The number of fused-ring (bicyclic) bond motifs is 2. The van der Waals surface area contributed by atoms with E-state index in [2.05, 4.69) is 11.1 Å². The second-order valence-corrected chi connectivity index (χ2v) is 8.22. The highest BCUT2D eigenvalue weighted by Crippen LogP contribution is 2.40.